The molecule has 0 spiro atoms. The monoisotopic (exact) mass is 203 g/mol. The summed E-state index contributed by atoms with van der Waals surface area (Å²) in [4.78, 5) is 11.3. The highest BCUT2D eigenvalue weighted by molar-refractivity contribution is 5.79. The molecule has 0 aromatic carbocycles. The maximum atomic E-state index is 11.3. The fraction of sp³-hybridized carbons (Fsp3) is 0.900. The average Bonchev–Trinajstić information content (AvgIpc) is 1.95. The number of nitrogens with one attached hydrogen (secondary N) is 1. The van der Waals surface area contributed by atoms with Gasteiger partial charge in [-0.05, 0) is 34.7 Å². The Labute approximate surface area is 85.3 Å². The molecule has 0 rings (SSSR count). The Hall–Kier alpha value is -0.450. The third-order valence-corrected chi connectivity index (χ3v) is 2.42. The maximum Gasteiger partial charge on any atom is 0.137 e. The largest absolute Gasteiger partial charge is 0.393 e. The lowest BCUT2D eigenvalue weighted by Crippen LogP contribution is -2.55. The van der Waals surface area contributed by atoms with Crippen LogP contribution in [0.1, 0.15) is 27.7 Å². The van der Waals surface area contributed by atoms with Gasteiger partial charge in [0.1, 0.15) is 5.78 Å². The van der Waals surface area contributed by atoms with Crippen molar-refractivity contribution in [1.82, 2.24) is 5.32 Å². The summed E-state index contributed by atoms with van der Waals surface area (Å²) >= 11 is 0. The van der Waals surface area contributed by atoms with Crippen LogP contribution in [0.3, 0.4) is 0 Å². The van der Waals surface area contributed by atoms with Gasteiger partial charge in [-0.1, -0.05) is 0 Å². The molecule has 0 fully saturated rings. The predicted octanol–water partition coefficient (Wildman–Crippen LogP) is -0.0687. The summed E-state index contributed by atoms with van der Waals surface area (Å²) in [6, 6.07) is -0.444. The molecule has 0 aliphatic heterocycles. The zero-order valence-electron chi connectivity index (χ0n) is 9.53. The van der Waals surface area contributed by atoms with Crippen molar-refractivity contribution in [3.63, 3.8) is 0 Å². The molecule has 0 aromatic rings. The van der Waals surface area contributed by atoms with E-state index in [1.807, 2.05) is 0 Å². The van der Waals surface area contributed by atoms with Crippen LogP contribution in [-0.4, -0.2) is 40.8 Å². The first kappa shape index (κ1) is 13.5. The van der Waals surface area contributed by atoms with E-state index in [0.717, 1.165) is 0 Å². The first-order chi connectivity index (χ1) is 6.21. The first-order valence-corrected chi connectivity index (χ1v) is 4.80. The van der Waals surface area contributed by atoms with Crippen molar-refractivity contribution >= 4 is 5.78 Å². The Morgan fingerprint density at radius 2 is 1.86 bits per heavy atom. The van der Waals surface area contributed by atoms with Crippen molar-refractivity contribution in [2.24, 2.45) is 5.92 Å². The van der Waals surface area contributed by atoms with E-state index in [0.29, 0.717) is 0 Å². The third-order valence-electron chi connectivity index (χ3n) is 2.42. The normalized spacial score (nSPS) is 18.8. The molecule has 0 heterocycles. The minimum atomic E-state index is -1.04. The SMILES string of the molecule is CN[C@@H]([C@H](C(C)=O)[C@@H](C)O)C(C)(C)O. The van der Waals surface area contributed by atoms with Crippen molar-refractivity contribution < 1.29 is 15.0 Å². The second kappa shape index (κ2) is 4.87. The van der Waals surface area contributed by atoms with Crippen LogP contribution in [0.4, 0.5) is 0 Å². The second-order valence-electron chi connectivity index (χ2n) is 4.30. The van der Waals surface area contributed by atoms with E-state index in [9.17, 15) is 15.0 Å². The minimum Gasteiger partial charge on any atom is -0.393 e. The number of aliphatic hydroxyl groups is 2. The van der Waals surface area contributed by atoms with E-state index in [1.165, 1.54) is 6.92 Å². The molecule has 4 nitrogen and oxygen atoms in total. The summed E-state index contributed by atoms with van der Waals surface area (Å²) < 4.78 is 0. The van der Waals surface area contributed by atoms with Gasteiger partial charge < -0.3 is 15.5 Å². The van der Waals surface area contributed by atoms with Crippen molar-refractivity contribution in [2.45, 2.75) is 45.4 Å². The summed E-state index contributed by atoms with van der Waals surface area (Å²) in [7, 11) is 1.67. The van der Waals surface area contributed by atoms with Crippen LogP contribution in [0.2, 0.25) is 0 Å². The molecular formula is C10H21NO3. The van der Waals surface area contributed by atoms with Gasteiger partial charge in [-0.3, -0.25) is 4.79 Å². The molecule has 0 saturated carbocycles. The lowest BCUT2D eigenvalue weighted by molar-refractivity contribution is -0.128. The van der Waals surface area contributed by atoms with Gasteiger partial charge >= 0.3 is 0 Å². The zero-order valence-corrected chi connectivity index (χ0v) is 9.53. The molecule has 0 unspecified atom stereocenters. The fourth-order valence-electron chi connectivity index (χ4n) is 1.83. The summed E-state index contributed by atoms with van der Waals surface area (Å²) in [5, 5.41) is 22.2. The van der Waals surface area contributed by atoms with Crippen molar-refractivity contribution in [3.8, 4) is 0 Å². The van der Waals surface area contributed by atoms with Gasteiger partial charge in [-0.2, -0.15) is 0 Å². The lowest BCUT2D eigenvalue weighted by Gasteiger charge is -2.35. The second-order valence-corrected chi connectivity index (χ2v) is 4.30. The van der Waals surface area contributed by atoms with Gasteiger partial charge in [0.05, 0.1) is 17.6 Å². The summed E-state index contributed by atoms with van der Waals surface area (Å²) in [5.41, 5.74) is -1.04. The van der Waals surface area contributed by atoms with Gasteiger partial charge in [0, 0.05) is 6.04 Å². The molecule has 0 amide bonds. The van der Waals surface area contributed by atoms with Crippen molar-refractivity contribution in [3.05, 3.63) is 0 Å². The third kappa shape index (κ3) is 3.36. The molecule has 0 aromatic heterocycles. The molecule has 4 heteroatoms. The van der Waals surface area contributed by atoms with E-state index >= 15 is 0 Å². The van der Waals surface area contributed by atoms with Crippen LogP contribution in [0.5, 0.6) is 0 Å². The molecule has 0 radical (unpaired) electrons. The Morgan fingerprint density at radius 1 is 1.43 bits per heavy atom. The maximum absolute atomic E-state index is 11.3. The van der Waals surface area contributed by atoms with Crippen LogP contribution in [0.15, 0.2) is 0 Å². The number of likely N-dealkylation sites (N-methyl/N-ethyl adjacent to an activating group) is 1. The Morgan fingerprint density at radius 3 is 1.93 bits per heavy atom. The van der Waals surface area contributed by atoms with Crippen LogP contribution in [0.25, 0.3) is 0 Å². The Kier molecular flexibility index (Phi) is 4.71. The summed E-state index contributed by atoms with van der Waals surface area (Å²) in [6.45, 7) is 6.22. The number of hydrogen-bond acceptors (Lipinski definition) is 4. The number of carbonyl (C=O) groups excluding carboxylic acids is 1. The number of rotatable bonds is 5. The highest BCUT2D eigenvalue weighted by Crippen LogP contribution is 2.20. The molecule has 84 valence electrons. The van der Waals surface area contributed by atoms with E-state index in [-0.39, 0.29) is 5.78 Å². The summed E-state index contributed by atoms with van der Waals surface area (Å²) in [5.74, 6) is -0.707. The van der Waals surface area contributed by atoms with Crippen LogP contribution in [0, 0.1) is 5.92 Å². The predicted molar refractivity (Wildman–Crippen MR) is 55.0 cm³/mol. The van der Waals surface area contributed by atoms with E-state index in [1.54, 1.807) is 27.8 Å². The fourth-order valence-corrected chi connectivity index (χ4v) is 1.83. The smallest absolute Gasteiger partial charge is 0.137 e. The molecule has 0 bridgehead atoms. The van der Waals surface area contributed by atoms with Gasteiger partial charge in [0.25, 0.3) is 0 Å². The molecule has 3 atom stereocenters. The van der Waals surface area contributed by atoms with E-state index in [4.69, 9.17) is 0 Å². The standard InChI is InChI=1S/C10H21NO3/c1-6(12)8(7(2)13)9(11-5)10(3,4)14/h6,8-9,11-12,14H,1-5H3/t6-,8+,9+/m1/s1. The quantitative estimate of drug-likeness (QED) is 0.585. The van der Waals surface area contributed by atoms with Crippen LogP contribution in [-0.2, 0) is 4.79 Å². The average molecular weight is 203 g/mol. The van der Waals surface area contributed by atoms with E-state index < -0.39 is 23.7 Å². The number of hydrogen-bond donors (Lipinski definition) is 3. The highest BCUT2D eigenvalue weighted by atomic mass is 16.3. The van der Waals surface area contributed by atoms with Gasteiger partial charge in [-0.15, -0.1) is 0 Å². The topological polar surface area (TPSA) is 69.6 Å². The molecular weight excluding hydrogens is 182 g/mol. The van der Waals surface area contributed by atoms with Gasteiger partial charge in [0.2, 0.25) is 0 Å². The van der Waals surface area contributed by atoms with Gasteiger partial charge in [0.15, 0.2) is 0 Å². The van der Waals surface area contributed by atoms with Crippen LogP contribution < -0.4 is 5.32 Å². The number of aliphatic hydroxyl groups excluding tert-OH is 1. The minimum absolute atomic E-state index is 0.124. The van der Waals surface area contributed by atoms with E-state index in [2.05, 4.69) is 5.32 Å². The Bertz CT molecular complexity index is 196. The van der Waals surface area contributed by atoms with Crippen molar-refractivity contribution in [1.29, 1.82) is 0 Å². The zero-order chi connectivity index (χ0) is 11.5. The molecule has 0 saturated heterocycles. The number of Topliss-reactive ketones (excluding diaryl/α,β-unsaturated/α-hetero) is 1. The highest BCUT2D eigenvalue weighted by Gasteiger charge is 2.37. The molecule has 14 heavy (non-hydrogen) atoms. The molecule has 3 N–H and O–H groups in total. The number of ketones is 1. The molecule has 0 aliphatic carbocycles. The Balaban J connectivity index is 4.87. The van der Waals surface area contributed by atoms with Gasteiger partial charge in [-0.25, -0.2) is 0 Å². The lowest BCUT2D eigenvalue weighted by atomic mass is 9.82. The molecule has 0 aliphatic rings. The summed E-state index contributed by atoms with van der Waals surface area (Å²) in [6.07, 6.45) is -0.767. The van der Waals surface area contributed by atoms with Crippen molar-refractivity contribution in [2.75, 3.05) is 7.05 Å². The van der Waals surface area contributed by atoms with Crippen LogP contribution >= 0.6 is 0 Å². The number of carbonyl (C=O) groups is 1. The first-order valence-electron chi connectivity index (χ1n) is 4.80.